The molecule has 108 valence electrons. The molecule has 2 saturated heterocycles. The molecule has 1 aromatic rings. The van der Waals surface area contributed by atoms with Gasteiger partial charge in [-0.25, -0.2) is 0 Å². The lowest BCUT2D eigenvalue weighted by Gasteiger charge is -2.26. The number of carbonyl (C=O) groups is 1. The zero-order chi connectivity index (χ0) is 14.0. The number of likely N-dealkylation sites (tertiary alicyclic amines) is 1. The molecule has 2 aliphatic rings. The Morgan fingerprint density at radius 2 is 2.30 bits per heavy atom. The molecule has 1 unspecified atom stereocenters. The summed E-state index contributed by atoms with van der Waals surface area (Å²) in [5.41, 5.74) is 2.13. The van der Waals surface area contributed by atoms with Crippen LogP contribution in [-0.2, 0) is 16.1 Å². The van der Waals surface area contributed by atoms with E-state index >= 15 is 0 Å². The first-order valence-corrected chi connectivity index (χ1v) is 7.51. The average Bonchev–Trinajstić information content (AvgIpc) is 2.86. The largest absolute Gasteiger partial charge is 0.375 e. The van der Waals surface area contributed by atoms with Crippen molar-refractivity contribution >= 4 is 5.91 Å². The van der Waals surface area contributed by atoms with E-state index in [1.165, 1.54) is 0 Å². The van der Waals surface area contributed by atoms with Gasteiger partial charge in [0.2, 0.25) is 5.91 Å². The third kappa shape index (κ3) is 2.70. The SMILES string of the molecule is Cc1cccnc1CN1CCC2(CCCO2)CCC1=O. The number of nitrogens with zero attached hydrogens (tertiary/aromatic N) is 2. The maximum Gasteiger partial charge on any atom is 0.223 e. The zero-order valence-corrected chi connectivity index (χ0v) is 12.1. The molecule has 3 heterocycles. The fourth-order valence-electron chi connectivity index (χ4n) is 3.26. The molecule has 1 aromatic heterocycles. The van der Waals surface area contributed by atoms with Crippen LogP contribution in [-0.4, -0.2) is 34.5 Å². The van der Waals surface area contributed by atoms with Crippen molar-refractivity contribution in [2.45, 2.75) is 51.2 Å². The monoisotopic (exact) mass is 274 g/mol. The highest BCUT2D eigenvalue weighted by atomic mass is 16.5. The number of aromatic nitrogens is 1. The second-order valence-corrected chi connectivity index (χ2v) is 5.97. The fraction of sp³-hybridized carbons (Fsp3) is 0.625. The fourth-order valence-corrected chi connectivity index (χ4v) is 3.26. The summed E-state index contributed by atoms with van der Waals surface area (Å²) < 4.78 is 5.94. The van der Waals surface area contributed by atoms with Gasteiger partial charge in [-0.2, -0.15) is 0 Å². The van der Waals surface area contributed by atoms with Crippen LogP contribution in [0.5, 0.6) is 0 Å². The summed E-state index contributed by atoms with van der Waals surface area (Å²) in [7, 11) is 0. The van der Waals surface area contributed by atoms with E-state index in [0.29, 0.717) is 13.0 Å². The molecule has 0 N–H and O–H groups in total. The number of pyridine rings is 1. The van der Waals surface area contributed by atoms with E-state index in [9.17, 15) is 4.79 Å². The predicted molar refractivity (Wildman–Crippen MR) is 76.2 cm³/mol. The Balaban J connectivity index is 1.71. The topological polar surface area (TPSA) is 42.4 Å². The smallest absolute Gasteiger partial charge is 0.223 e. The molecule has 0 radical (unpaired) electrons. The van der Waals surface area contributed by atoms with Crippen LogP contribution in [0.4, 0.5) is 0 Å². The Kier molecular flexibility index (Phi) is 3.74. The van der Waals surface area contributed by atoms with E-state index in [4.69, 9.17) is 4.74 Å². The van der Waals surface area contributed by atoms with E-state index < -0.39 is 0 Å². The zero-order valence-electron chi connectivity index (χ0n) is 12.1. The molecule has 1 amide bonds. The van der Waals surface area contributed by atoms with Crippen molar-refractivity contribution in [3.05, 3.63) is 29.6 Å². The van der Waals surface area contributed by atoms with Gasteiger partial charge < -0.3 is 9.64 Å². The van der Waals surface area contributed by atoms with Crippen molar-refractivity contribution in [3.8, 4) is 0 Å². The Morgan fingerprint density at radius 3 is 3.05 bits per heavy atom. The second kappa shape index (κ2) is 5.52. The van der Waals surface area contributed by atoms with Gasteiger partial charge in [-0.15, -0.1) is 0 Å². The Labute approximate surface area is 120 Å². The van der Waals surface area contributed by atoms with Crippen LogP contribution in [0.25, 0.3) is 0 Å². The summed E-state index contributed by atoms with van der Waals surface area (Å²) >= 11 is 0. The molecule has 2 fully saturated rings. The first-order valence-electron chi connectivity index (χ1n) is 7.51. The van der Waals surface area contributed by atoms with Crippen molar-refractivity contribution < 1.29 is 9.53 Å². The predicted octanol–water partition coefficient (Wildman–Crippen LogP) is 2.45. The Hall–Kier alpha value is -1.42. The summed E-state index contributed by atoms with van der Waals surface area (Å²) in [4.78, 5) is 18.7. The first kappa shape index (κ1) is 13.6. The second-order valence-electron chi connectivity index (χ2n) is 5.97. The van der Waals surface area contributed by atoms with Gasteiger partial charge in [0.1, 0.15) is 0 Å². The number of amides is 1. The van der Waals surface area contributed by atoms with E-state index in [1.54, 1.807) is 6.20 Å². The van der Waals surface area contributed by atoms with Crippen LogP contribution in [0.2, 0.25) is 0 Å². The number of ether oxygens (including phenoxy) is 1. The van der Waals surface area contributed by atoms with Crippen LogP contribution in [0.15, 0.2) is 18.3 Å². The summed E-state index contributed by atoms with van der Waals surface area (Å²) in [6.45, 7) is 4.32. The molecule has 0 saturated carbocycles. The molecular formula is C16H22N2O2. The summed E-state index contributed by atoms with van der Waals surface area (Å²) in [5.74, 6) is 0.238. The van der Waals surface area contributed by atoms with Gasteiger partial charge in [-0.1, -0.05) is 6.07 Å². The van der Waals surface area contributed by atoms with Gasteiger partial charge in [-0.05, 0) is 44.2 Å². The van der Waals surface area contributed by atoms with Gasteiger partial charge in [-0.3, -0.25) is 9.78 Å². The van der Waals surface area contributed by atoms with Crippen LogP contribution < -0.4 is 0 Å². The van der Waals surface area contributed by atoms with Crippen molar-refractivity contribution in [2.24, 2.45) is 0 Å². The quantitative estimate of drug-likeness (QED) is 0.832. The maximum absolute atomic E-state index is 12.3. The van der Waals surface area contributed by atoms with Crippen molar-refractivity contribution in [1.29, 1.82) is 0 Å². The lowest BCUT2D eigenvalue weighted by Crippen LogP contribution is -2.32. The number of aryl methyl sites for hydroxylation is 1. The highest BCUT2D eigenvalue weighted by Gasteiger charge is 2.38. The van der Waals surface area contributed by atoms with Crippen molar-refractivity contribution in [2.75, 3.05) is 13.2 Å². The summed E-state index contributed by atoms with van der Waals surface area (Å²) in [6, 6.07) is 3.98. The van der Waals surface area contributed by atoms with E-state index in [1.807, 2.05) is 24.0 Å². The third-order valence-electron chi connectivity index (χ3n) is 4.63. The molecule has 2 aliphatic heterocycles. The van der Waals surface area contributed by atoms with Crippen LogP contribution in [0.3, 0.4) is 0 Å². The van der Waals surface area contributed by atoms with Crippen molar-refractivity contribution in [3.63, 3.8) is 0 Å². The maximum atomic E-state index is 12.3. The highest BCUT2D eigenvalue weighted by molar-refractivity contribution is 5.76. The summed E-state index contributed by atoms with van der Waals surface area (Å²) in [6.07, 6.45) is 6.48. The standard InChI is InChI=1S/C16H22N2O2/c1-13-4-2-9-17-14(13)12-18-10-8-16(6-3-11-20-16)7-5-15(18)19/h2,4,9H,3,5-8,10-12H2,1H3. The molecule has 4 nitrogen and oxygen atoms in total. The minimum Gasteiger partial charge on any atom is -0.375 e. The van der Waals surface area contributed by atoms with Gasteiger partial charge in [0.05, 0.1) is 17.8 Å². The minimum atomic E-state index is -0.0242. The molecule has 0 aliphatic carbocycles. The molecule has 3 rings (SSSR count). The molecule has 0 aromatic carbocycles. The van der Waals surface area contributed by atoms with E-state index in [0.717, 1.165) is 50.1 Å². The van der Waals surface area contributed by atoms with Gasteiger partial charge in [0.15, 0.2) is 0 Å². The lowest BCUT2D eigenvalue weighted by molar-refractivity contribution is -0.131. The Bertz CT molecular complexity index is 495. The highest BCUT2D eigenvalue weighted by Crippen LogP contribution is 2.36. The molecule has 1 spiro atoms. The van der Waals surface area contributed by atoms with Gasteiger partial charge in [0, 0.05) is 25.8 Å². The summed E-state index contributed by atoms with van der Waals surface area (Å²) in [5, 5.41) is 0. The number of carbonyl (C=O) groups excluding carboxylic acids is 1. The van der Waals surface area contributed by atoms with Gasteiger partial charge >= 0.3 is 0 Å². The molecule has 1 atom stereocenters. The molecule has 4 heteroatoms. The number of hydrogen-bond donors (Lipinski definition) is 0. The van der Waals surface area contributed by atoms with Crippen LogP contribution in [0.1, 0.15) is 43.4 Å². The lowest BCUT2D eigenvalue weighted by atomic mass is 9.92. The van der Waals surface area contributed by atoms with Gasteiger partial charge in [0.25, 0.3) is 0 Å². The molecule has 0 bridgehead atoms. The van der Waals surface area contributed by atoms with E-state index in [-0.39, 0.29) is 11.5 Å². The normalized spacial score (nSPS) is 27.1. The van der Waals surface area contributed by atoms with Crippen LogP contribution >= 0.6 is 0 Å². The number of hydrogen-bond acceptors (Lipinski definition) is 3. The first-order chi connectivity index (χ1) is 9.69. The van der Waals surface area contributed by atoms with Crippen molar-refractivity contribution in [1.82, 2.24) is 9.88 Å². The number of rotatable bonds is 2. The van der Waals surface area contributed by atoms with E-state index in [2.05, 4.69) is 4.98 Å². The van der Waals surface area contributed by atoms with Crippen LogP contribution in [0, 0.1) is 6.92 Å². The third-order valence-corrected chi connectivity index (χ3v) is 4.63. The average molecular weight is 274 g/mol. The Morgan fingerprint density at radius 1 is 1.40 bits per heavy atom. The molecule has 20 heavy (non-hydrogen) atoms. The minimum absolute atomic E-state index is 0.0242. The molecular weight excluding hydrogens is 252 g/mol.